The van der Waals surface area contributed by atoms with Gasteiger partial charge in [0.15, 0.2) is 0 Å². The summed E-state index contributed by atoms with van der Waals surface area (Å²) < 4.78 is 83.9. The van der Waals surface area contributed by atoms with Crippen molar-refractivity contribution in [1.82, 2.24) is 30.2 Å². The first-order valence-corrected chi connectivity index (χ1v) is 16.4. The van der Waals surface area contributed by atoms with Crippen LogP contribution in [0.3, 0.4) is 0 Å². The highest BCUT2D eigenvalue weighted by molar-refractivity contribution is 5.96. The molecule has 2 saturated heterocycles. The molecule has 0 N–H and O–H groups in total. The highest BCUT2D eigenvalue weighted by Crippen LogP contribution is 2.38. The van der Waals surface area contributed by atoms with E-state index >= 15 is 0 Å². The van der Waals surface area contributed by atoms with Crippen LogP contribution in [0.2, 0.25) is 0 Å². The van der Waals surface area contributed by atoms with Gasteiger partial charge in [-0.05, 0) is 48.2 Å². The quantitative estimate of drug-likeness (QED) is 0.154. The highest BCUT2D eigenvalue weighted by Gasteiger charge is 2.40. The second-order valence-corrected chi connectivity index (χ2v) is 12.1. The van der Waals surface area contributed by atoms with Gasteiger partial charge in [-0.15, -0.1) is 0 Å². The zero-order chi connectivity index (χ0) is 38.0. The van der Waals surface area contributed by atoms with Crippen molar-refractivity contribution in [3.63, 3.8) is 0 Å². The first kappa shape index (κ1) is 35.9. The molecule has 54 heavy (non-hydrogen) atoms. The summed E-state index contributed by atoms with van der Waals surface area (Å²) in [7, 11) is 0. The molecule has 2 aliphatic heterocycles. The van der Waals surface area contributed by atoms with E-state index in [0.717, 1.165) is 11.1 Å². The van der Waals surface area contributed by atoms with E-state index in [2.05, 4.69) is 39.3 Å². The van der Waals surface area contributed by atoms with Crippen LogP contribution in [0, 0.1) is 0 Å². The number of aromatic nitrogens is 6. The maximum atomic E-state index is 12.6. The average molecular weight is 749 g/mol. The molecule has 0 unspecified atom stereocenters. The SMILES string of the molecule is O=C1CC[C@@H](c2ccccc2)N1c1ccc(-c2noc(C(F)(F)F)n2)cn1.O=C1CC[C@H](c2ccccc2)N1c1ccc(-c2noc(C(F)(F)F)n2)cn1. The van der Waals surface area contributed by atoms with Crippen LogP contribution >= 0.6 is 0 Å². The number of halogens is 6. The maximum absolute atomic E-state index is 12.6. The van der Waals surface area contributed by atoms with Crippen molar-refractivity contribution >= 4 is 23.5 Å². The summed E-state index contributed by atoms with van der Waals surface area (Å²) in [5, 5.41) is 6.66. The molecule has 6 aromatic rings. The van der Waals surface area contributed by atoms with E-state index < -0.39 is 24.1 Å². The van der Waals surface area contributed by atoms with E-state index in [1.54, 1.807) is 21.9 Å². The van der Waals surface area contributed by atoms with E-state index in [4.69, 9.17) is 0 Å². The van der Waals surface area contributed by atoms with Crippen molar-refractivity contribution < 1.29 is 45.0 Å². The lowest BCUT2D eigenvalue weighted by Gasteiger charge is -2.24. The summed E-state index contributed by atoms with van der Waals surface area (Å²) in [6.45, 7) is 0. The lowest BCUT2D eigenvalue weighted by atomic mass is 10.0. The monoisotopic (exact) mass is 748 g/mol. The molecule has 4 aromatic heterocycles. The largest absolute Gasteiger partial charge is 0.471 e. The van der Waals surface area contributed by atoms with Gasteiger partial charge in [0.05, 0.1) is 12.1 Å². The number of carbonyl (C=O) groups excluding carboxylic acids is 2. The van der Waals surface area contributed by atoms with Crippen molar-refractivity contribution in [2.75, 3.05) is 9.80 Å². The van der Waals surface area contributed by atoms with Crippen molar-refractivity contribution in [2.45, 2.75) is 50.1 Å². The molecule has 2 atom stereocenters. The van der Waals surface area contributed by atoms with Crippen LogP contribution in [0.5, 0.6) is 0 Å². The van der Waals surface area contributed by atoms with Crippen LogP contribution in [-0.4, -0.2) is 42.1 Å². The molecule has 2 aromatic carbocycles. The Morgan fingerprint density at radius 3 is 1.26 bits per heavy atom. The van der Waals surface area contributed by atoms with E-state index in [1.807, 2.05) is 60.7 Å². The Hall–Kier alpha value is -6.46. The first-order chi connectivity index (χ1) is 25.9. The fraction of sp³-hybridized carbons (Fsp3) is 0.222. The Morgan fingerprint density at radius 1 is 0.556 bits per heavy atom. The van der Waals surface area contributed by atoms with Gasteiger partial charge in [-0.25, -0.2) is 9.97 Å². The Bertz CT molecular complexity index is 2070. The van der Waals surface area contributed by atoms with Gasteiger partial charge in [0.25, 0.3) is 0 Å². The molecule has 8 rings (SSSR count). The predicted octanol–water partition coefficient (Wildman–Crippen LogP) is 8.04. The number of anilines is 2. The lowest BCUT2D eigenvalue weighted by Crippen LogP contribution is -2.28. The van der Waals surface area contributed by atoms with Crippen molar-refractivity contribution in [2.24, 2.45) is 0 Å². The highest BCUT2D eigenvalue weighted by atomic mass is 19.4. The Balaban J connectivity index is 0.000000167. The van der Waals surface area contributed by atoms with Gasteiger partial charge >= 0.3 is 24.1 Å². The third kappa shape index (κ3) is 7.53. The molecular formula is C36H26F6N8O4. The number of hydrogen-bond acceptors (Lipinski definition) is 10. The van der Waals surface area contributed by atoms with Gasteiger partial charge in [-0.1, -0.05) is 71.0 Å². The normalized spacial score (nSPS) is 17.5. The number of rotatable bonds is 6. The van der Waals surface area contributed by atoms with Crippen LogP contribution in [-0.2, 0) is 21.9 Å². The molecule has 0 aliphatic carbocycles. The molecule has 12 nitrogen and oxygen atoms in total. The standard InChI is InChI=1S/2C18H13F3N4O2/c2*19-18(20,21)17-23-16(24-27-17)12-6-8-14(22-10-12)25-13(7-9-15(25)26)11-4-2-1-3-5-11/h2*1-6,8,10,13H,7,9H2/t2*13-/m10/s1. The third-order valence-corrected chi connectivity index (χ3v) is 8.64. The van der Waals surface area contributed by atoms with Crippen molar-refractivity contribution in [3.05, 3.63) is 120 Å². The van der Waals surface area contributed by atoms with Gasteiger partial charge in [0, 0.05) is 36.4 Å². The topological polar surface area (TPSA) is 144 Å². The van der Waals surface area contributed by atoms with E-state index in [0.29, 0.717) is 37.3 Å². The fourth-order valence-electron chi connectivity index (χ4n) is 6.16. The molecule has 0 saturated carbocycles. The van der Waals surface area contributed by atoms with Crippen LogP contribution in [0.4, 0.5) is 38.0 Å². The number of hydrogen-bond donors (Lipinski definition) is 0. The minimum atomic E-state index is -4.70. The summed E-state index contributed by atoms with van der Waals surface area (Å²) in [5.41, 5.74) is 2.53. The van der Waals surface area contributed by atoms with Crippen molar-refractivity contribution in [1.29, 1.82) is 0 Å². The molecular weight excluding hydrogens is 722 g/mol. The third-order valence-electron chi connectivity index (χ3n) is 8.64. The maximum Gasteiger partial charge on any atom is 0.471 e. The summed E-state index contributed by atoms with van der Waals surface area (Å²) in [5.74, 6) is -2.52. The Labute approximate surface area is 301 Å². The molecule has 0 radical (unpaired) electrons. The van der Waals surface area contributed by atoms with Crippen molar-refractivity contribution in [3.8, 4) is 22.8 Å². The lowest BCUT2D eigenvalue weighted by molar-refractivity contribution is -0.160. The zero-order valence-corrected chi connectivity index (χ0v) is 27.7. The van der Waals surface area contributed by atoms with Gasteiger partial charge < -0.3 is 9.05 Å². The molecule has 2 aliphatic rings. The summed E-state index contributed by atoms with van der Waals surface area (Å²) >= 11 is 0. The van der Waals surface area contributed by atoms with Crippen LogP contribution in [0.15, 0.2) is 106 Å². The Morgan fingerprint density at radius 2 is 0.944 bits per heavy atom. The van der Waals surface area contributed by atoms with E-state index in [1.165, 1.54) is 24.5 Å². The number of nitrogens with zero attached hydrogens (tertiary/aromatic N) is 8. The summed E-state index contributed by atoms with van der Waals surface area (Å²) in [4.78, 5) is 43.1. The summed E-state index contributed by atoms with van der Waals surface area (Å²) in [6.07, 6.45) is -4.60. The molecule has 18 heteroatoms. The van der Waals surface area contributed by atoms with Crippen LogP contribution < -0.4 is 9.80 Å². The van der Waals surface area contributed by atoms with Gasteiger partial charge in [0.1, 0.15) is 11.6 Å². The fourth-order valence-corrected chi connectivity index (χ4v) is 6.16. The number of alkyl halides is 6. The second-order valence-electron chi connectivity index (χ2n) is 12.1. The minimum Gasteiger partial charge on any atom is -0.329 e. The number of carbonyl (C=O) groups is 2. The smallest absolute Gasteiger partial charge is 0.329 e. The molecule has 0 spiro atoms. The van der Waals surface area contributed by atoms with Gasteiger partial charge in [0.2, 0.25) is 23.5 Å². The van der Waals surface area contributed by atoms with Gasteiger partial charge in [-0.2, -0.15) is 36.3 Å². The molecule has 6 heterocycles. The van der Waals surface area contributed by atoms with E-state index in [9.17, 15) is 35.9 Å². The number of benzene rings is 2. The average Bonchev–Trinajstić information content (AvgIpc) is 3.99. The number of amides is 2. The van der Waals surface area contributed by atoms with Gasteiger partial charge in [-0.3, -0.25) is 19.4 Å². The van der Waals surface area contributed by atoms with E-state index in [-0.39, 0.29) is 46.7 Å². The molecule has 2 fully saturated rings. The predicted molar refractivity (Wildman–Crippen MR) is 177 cm³/mol. The van der Waals surface area contributed by atoms with Crippen LogP contribution in [0.1, 0.15) is 60.7 Å². The molecule has 0 bridgehead atoms. The zero-order valence-electron chi connectivity index (χ0n) is 27.7. The second kappa shape index (κ2) is 14.5. The number of pyridine rings is 2. The molecule has 2 amide bonds. The first-order valence-electron chi connectivity index (χ1n) is 16.4. The minimum absolute atomic E-state index is 0.0528. The summed E-state index contributed by atoms with van der Waals surface area (Å²) in [6, 6.07) is 25.1. The van der Waals surface area contributed by atoms with Crippen LogP contribution in [0.25, 0.3) is 22.8 Å². The molecule has 276 valence electrons. The Kier molecular flexibility index (Phi) is 9.66.